The summed E-state index contributed by atoms with van der Waals surface area (Å²) >= 11 is 0. The molecule has 2 rings (SSSR count). The summed E-state index contributed by atoms with van der Waals surface area (Å²) < 4.78 is 4.93. The molecular formula is C8H10N2O2. The summed E-state index contributed by atoms with van der Waals surface area (Å²) in [4.78, 5) is 13.0. The number of hydrogen-bond donors (Lipinski definition) is 0. The van der Waals surface area contributed by atoms with Crippen LogP contribution in [0.15, 0.2) is 16.8 Å². The maximum Gasteiger partial charge on any atom is 0.150 e. The predicted octanol–water partition coefficient (Wildman–Crippen LogP) is 0.449. The van der Waals surface area contributed by atoms with Gasteiger partial charge in [0.25, 0.3) is 0 Å². The Labute approximate surface area is 70.1 Å². The largest absolute Gasteiger partial charge is 0.360 e. The van der Waals surface area contributed by atoms with Gasteiger partial charge in [-0.2, -0.15) is 0 Å². The second-order valence-corrected chi connectivity index (χ2v) is 2.98. The van der Waals surface area contributed by atoms with Crippen LogP contribution < -0.4 is 0 Å². The predicted molar refractivity (Wildman–Crippen MR) is 41.4 cm³/mol. The molecule has 0 amide bonds. The first-order valence-electron chi connectivity index (χ1n) is 3.98. The number of carbonyl (C=O) groups excluding carboxylic acids is 1. The van der Waals surface area contributed by atoms with E-state index in [1.54, 1.807) is 6.20 Å². The maximum atomic E-state index is 10.9. The molecule has 0 unspecified atom stereocenters. The van der Waals surface area contributed by atoms with Crippen molar-refractivity contribution >= 4 is 5.78 Å². The minimum absolute atomic E-state index is 0.314. The molecule has 1 aliphatic rings. The molecule has 0 N–H and O–H groups in total. The second-order valence-electron chi connectivity index (χ2n) is 2.98. The highest BCUT2D eigenvalue weighted by Crippen LogP contribution is 2.09. The molecule has 0 saturated carbocycles. The summed E-state index contributed by atoms with van der Waals surface area (Å²) in [5.41, 5.74) is 0. The highest BCUT2D eigenvalue weighted by atomic mass is 16.5. The van der Waals surface area contributed by atoms with Gasteiger partial charge in [0.15, 0.2) is 5.76 Å². The van der Waals surface area contributed by atoms with Crippen molar-refractivity contribution in [3.8, 4) is 0 Å². The molecule has 0 atom stereocenters. The van der Waals surface area contributed by atoms with Crippen LogP contribution in [0, 0.1) is 0 Å². The zero-order valence-electron chi connectivity index (χ0n) is 6.69. The molecule has 1 fully saturated rings. The zero-order chi connectivity index (χ0) is 8.39. The van der Waals surface area contributed by atoms with E-state index < -0.39 is 0 Å². The third kappa shape index (κ3) is 1.53. The van der Waals surface area contributed by atoms with Crippen LogP contribution in [0.3, 0.4) is 0 Å². The average Bonchev–Trinajstić information content (AvgIpc) is 2.63. The summed E-state index contributed by atoms with van der Waals surface area (Å²) in [7, 11) is 0. The minimum Gasteiger partial charge on any atom is -0.360 e. The van der Waals surface area contributed by atoms with E-state index in [0.29, 0.717) is 25.3 Å². The molecule has 0 radical (unpaired) electrons. The van der Waals surface area contributed by atoms with E-state index in [0.717, 1.165) is 12.3 Å². The molecule has 1 aliphatic heterocycles. The average molecular weight is 166 g/mol. The van der Waals surface area contributed by atoms with Crippen LogP contribution in [0.25, 0.3) is 0 Å². The lowest BCUT2D eigenvalue weighted by Crippen LogP contribution is -2.19. The summed E-state index contributed by atoms with van der Waals surface area (Å²) in [6.45, 7) is 2.10. The van der Waals surface area contributed by atoms with Gasteiger partial charge in [-0.25, -0.2) is 0 Å². The van der Waals surface area contributed by atoms with Crippen LogP contribution >= 0.6 is 0 Å². The number of nitrogens with zero attached hydrogens (tertiary/aromatic N) is 2. The summed E-state index contributed by atoms with van der Waals surface area (Å²) in [5.74, 6) is 1.14. The van der Waals surface area contributed by atoms with Gasteiger partial charge in [-0.15, -0.1) is 0 Å². The molecule has 0 bridgehead atoms. The number of rotatable bonds is 2. The number of hydrogen-bond acceptors (Lipinski definition) is 4. The van der Waals surface area contributed by atoms with Gasteiger partial charge in [-0.1, -0.05) is 5.16 Å². The number of carbonyl (C=O) groups is 1. The fourth-order valence-corrected chi connectivity index (χ4v) is 1.37. The van der Waals surface area contributed by atoms with Gasteiger partial charge in [-0.05, 0) is 0 Å². The lowest BCUT2D eigenvalue weighted by molar-refractivity contribution is -0.116. The molecule has 2 heterocycles. The fourth-order valence-electron chi connectivity index (χ4n) is 1.37. The van der Waals surface area contributed by atoms with Gasteiger partial charge in [0.2, 0.25) is 0 Å². The SMILES string of the molecule is O=C1CCN(Cc2ccno2)C1. The van der Waals surface area contributed by atoms with Crippen LogP contribution in [0.4, 0.5) is 0 Å². The number of ketones is 1. The Bertz CT molecular complexity index is 269. The van der Waals surface area contributed by atoms with E-state index >= 15 is 0 Å². The molecule has 0 aliphatic carbocycles. The minimum atomic E-state index is 0.314. The van der Waals surface area contributed by atoms with Crippen LogP contribution in [-0.2, 0) is 11.3 Å². The molecule has 0 spiro atoms. The van der Waals surface area contributed by atoms with Crippen molar-refractivity contribution in [2.24, 2.45) is 0 Å². The maximum absolute atomic E-state index is 10.9. The van der Waals surface area contributed by atoms with Gasteiger partial charge in [0, 0.05) is 19.0 Å². The van der Waals surface area contributed by atoms with Gasteiger partial charge < -0.3 is 4.52 Å². The van der Waals surface area contributed by atoms with Crippen LogP contribution in [-0.4, -0.2) is 28.9 Å². The summed E-state index contributed by atoms with van der Waals surface area (Å²) in [6.07, 6.45) is 2.29. The molecule has 1 aromatic heterocycles. The Hall–Kier alpha value is -1.16. The highest BCUT2D eigenvalue weighted by molar-refractivity contribution is 5.82. The van der Waals surface area contributed by atoms with E-state index in [9.17, 15) is 4.79 Å². The van der Waals surface area contributed by atoms with Gasteiger partial charge in [0.1, 0.15) is 5.78 Å². The highest BCUT2D eigenvalue weighted by Gasteiger charge is 2.19. The van der Waals surface area contributed by atoms with Crippen molar-refractivity contribution in [1.82, 2.24) is 10.1 Å². The Balaban J connectivity index is 1.92. The van der Waals surface area contributed by atoms with E-state index in [4.69, 9.17) is 4.52 Å². The van der Waals surface area contributed by atoms with Crippen molar-refractivity contribution < 1.29 is 9.32 Å². The Morgan fingerprint density at radius 2 is 2.58 bits per heavy atom. The lowest BCUT2D eigenvalue weighted by Gasteiger charge is -2.09. The Morgan fingerprint density at radius 3 is 3.17 bits per heavy atom. The first kappa shape index (κ1) is 7.49. The first-order valence-corrected chi connectivity index (χ1v) is 3.98. The first-order chi connectivity index (χ1) is 5.84. The molecule has 12 heavy (non-hydrogen) atoms. The second kappa shape index (κ2) is 3.06. The Kier molecular flexibility index (Phi) is 1.91. The summed E-state index contributed by atoms with van der Waals surface area (Å²) in [6, 6.07) is 1.82. The topological polar surface area (TPSA) is 46.3 Å². The fraction of sp³-hybridized carbons (Fsp3) is 0.500. The quantitative estimate of drug-likeness (QED) is 0.640. The van der Waals surface area contributed by atoms with Gasteiger partial charge >= 0.3 is 0 Å². The molecule has 4 heteroatoms. The van der Waals surface area contributed by atoms with Crippen LogP contribution in [0.1, 0.15) is 12.2 Å². The number of Topliss-reactive ketones (excluding diaryl/α,β-unsaturated/α-hetero) is 1. The molecule has 0 aromatic carbocycles. The standard InChI is InChI=1S/C8H10N2O2/c11-7-2-4-10(5-7)6-8-1-3-9-12-8/h1,3H,2,4-6H2. The number of aromatic nitrogens is 1. The van der Waals surface area contributed by atoms with E-state index in [-0.39, 0.29) is 0 Å². The van der Waals surface area contributed by atoms with Crippen LogP contribution in [0.5, 0.6) is 0 Å². The monoisotopic (exact) mass is 166 g/mol. The van der Waals surface area contributed by atoms with Crippen LogP contribution in [0.2, 0.25) is 0 Å². The normalized spacial score (nSPS) is 18.8. The molecule has 1 saturated heterocycles. The van der Waals surface area contributed by atoms with Crippen molar-refractivity contribution in [2.45, 2.75) is 13.0 Å². The van der Waals surface area contributed by atoms with Crippen molar-refractivity contribution in [3.05, 3.63) is 18.0 Å². The Morgan fingerprint density at radius 1 is 1.67 bits per heavy atom. The third-order valence-corrected chi connectivity index (χ3v) is 1.98. The van der Waals surface area contributed by atoms with Crippen molar-refractivity contribution in [2.75, 3.05) is 13.1 Å². The van der Waals surface area contributed by atoms with Gasteiger partial charge in [-0.3, -0.25) is 9.69 Å². The third-order valence-electron chi connectivity index (χ3n) is 1.98. The zero-order valence-corrected chi connectivity index (χ0v) is 6.69. The smallest absolute Gasteiger partial charge is 0.150 e. The molecule has 1 aromatic rings. The van der Waals surface area contributed by atoms with E-state index in [1.807, 2.05) is 6.07 Å². The van der Waals surface area contributed by atoms with Crippen molar-refractivity contribution in [1.29, 1.82) is 0 Å². The lowest BCUT2D eigenvalue weighted by atomic mass is 10.4. The molecular weight excluding hydrogens is 156 g/mol. The number of likely N-dealkylation sites (tertiary alicyclic amines) is 1. The van der Waals surface area contributed by atoms with Gasteiger partial charge in [0.05, 0.1) is 19.3 Å². The van der Waals surface area contributed by atoms with Crippen molar-refractivity contribution in [3.63, 3.8) is 0 Å². The molecule has 4 nitrogen and oxygen atoms in total. The van der Waals surface area contributed by atoms with E-state index in [2.05, 4.69) is 10.1 Å². The molecule has 64 valence electrons. The van der Waals surface area contributed by atoms with E-state index in [1.165, 1.54) is 0 Å². The summed E-state index contributed by atoms with van der Waals surface area (Å²) in [5, 5.41) is 3.60.